The topological polar surface area (TPSA) is 0 Å². The molecule has 0 radical (unpaired) electrons. The highest BCUT2D eigenvalue weighted by molar-refractivity contribution is 4.98. The number of hydrogen-bond acceptors (Lipinski definition) is 0. The van der Waals surface area contributed by atoms with Gasteiger partial charge in [0.05, 0.1) is 0 Å². The Labute approximate surface area is 148 Å². The summed E-state index contributed by atoms with van der Waals surface area (Å²) in [6, 6.07) is 0. The molecule has 1 aliphatic carbocycles. The third-order valence-electron chi connectivity index (χ3n) is 8.38. The fourth-order valence-corrected chi connectivity index (χ4v) is 6.06. The van der Waals surface area contributed by atoms with Crippen molar-refractivity contribution >= 4 is 0 Å². The first-order valence-corrected chi connectivity index (χ1v) is 10.7. The molecule has 7 unspecified atom stereocenters. The summed E-state index contributed by atoms with van der Waals surface area (Å²) in [5, 5.41) is 0. The zero-order valence-electron chi connectivity index (χ0n) is 17.9. The molecule has 0 heterocycles. The molecule has 0 N–H and O–H groups in total. The van der Waals surface area contributed by atoms with Crippen LogP contribution in [-0.4, -0.2) is 0 Å². The van der Waals surface area contributed by atoms with Crippen molar-refractivity contribution in [2.24, 2.45) is 52.8 Å². The van der Waals surface area contributed by atoms with Gasteiger partial charge in [-0.2, -0.15) is 0 Å². The van der Waals surface area contributed by atoms with Crippen LogP contribution in [0, 0.1) is 52.8 Å². The molecule has 0 saturated heterocycles. The second kappa shape index (κ2) is 8.39. The van der Waals surface area contributed by atoms with Crippen molar-refractivity contribution in [1.29, 1.82) is 0 Å². The lowest BCUT2D eigenvalue weighted by atomic mass is 9.62. The Morgan fingerprint density at radius 2 is 1.30 bits per heavy atom. The minimum absolute atomic E-state index is 0.475. The first kappa shape index (κ1) is 21.0. The largest absolute Gasteiger partial charge is 0.0651 e. The summed E-state index contributed by atoms with van der Waals surface area (Å²) in [7, 11) is 0. The molecule has 138 valence electrons. The Kier molecular flexibility index (Phi) is 7.68. The lowest BCUT2D eigenvalue weighted by molar-refractivity contribution is 0.0552. The standard InChI is InChI=1S/C23H46/c1-11-19(20(12-2)22-17(7)18(22)8)15(5)16(6)21(13-3)23(9,10)14-4/h15-22H,11-14H2,1-10H3. The average molecular weight is 323 g/mol. The fraction of sp³-hybridized carbons (Fsp3) is 1.00. The summed E-state index contributed by atoms with van der Waals surface area (Å²) < 4.78 is 0. The van der Waals surface area contributed by atoms with Gasteiger partial charge < -0.3 is 0 Å². The van der Waals surface area contributed by atoms with E-state index in [4.69, 9.17) is 0 Å². The van der Waals surface area contributed by atoms with E-state index in [9.17, 15) is 0 Å². The van der Waals surface area contributed by atoms with Crippen LogP contribution >= 0.6 is 0 Å². The summed E-state index contributed by atoms with van der Waals surface area (Å²) in [6.45, 7) is 24.8. The van der Waals surface area contributed by atoms with Crippen molar-refractivity contribution in [2.75, 3.05) is 0 Å². The summed E-state index contributed by atoms with van der Waals surface area (Å²) in [5.41, 5.74) is 0.475. The van der Waals surface area contributed by atoms with E-state index < -0.39 is 0 Å². The van der Waals surface area contributed by atoms with Gasteiger partial charge >= 0.3 is 0 Å². The monoisotopic (exact) mass is 322 g/mol. The zero-order valence-corrected chi connectivity index (χ0v) is 17.9. The van der Waals surface area contributed by atoms with Crippen LogP contribution in [0.5, 0.6) is 0 Å². The van der Waals surface area contributed by atoms with Crippen molar-refractivity contribution in [3.63, 3.8) is 0 Å². The molecule has 1 rings (SSSR count). The van der Waals surface area contributed by atoms with Gasteiger partial charge in [0, 0.05) is 0 Å². The lowest BCUT2D eigenvalue weighted by Gasteiger charge is -2.43. The van der Waals surface area contributed by atoms with E-state index in [2.05, 4.69) is 69.2 Å². The third-order valence-corrected chi connectivity index (χ3v) is 8.38. The van der Waals surface area contributed by atoms with Gasteiger partial charge in [0.2, 0.25) is 0 Å². The average Bonchev–Trinajstić information content (AvgIpc) is 3.11. The minimum atomic E-state index is 0.475. The van der Waals surface area contributed by atoms with Crippen molar-refractivity contribution in [1.82, 2.24) is 0 Å². The molecule has 23 heavy (non-hydrogen) atoms. The predicted octanol–water partition coefficient (Wildman–Crippen LogP) is 7.68. The maximum atomic E-state index is 2.58. The highest BCUT2D eigenvalue weighted by Gasteiger charge is 2.50. The summed E-state index contributed by atoms with van der Waals surface area (Å²) in [4.78, 5) is 0. The van der Waals surface area contributed by atoms with E-state index in [1.807, 2.05) is 0 Å². The van der Waals surface area contributed by atoms with Gasteiger partial charge in [-0.05, 0) is 52.8 Å². The molecule has 0 spiro atoms. The summed E-state index contributed by atoms with van der Waals surface area (Å²) in [5.74, 6) is 7.32. The molecule has 1 saturated carbocycles. The molecule has 0 aliphatic heterocycles. The highest BCUT2D eigenvalue weighted by Crippen LogP contribution is 2.56. The van der Waals surface area contributed by atoms with Crippen LogP contribution in [-0.2, 0) is 0 Å². The Balaban J connectivity index is 2.91. The fourth-order valence-electron chi connectivity index (χ4n) is 6.06. The van der Waals surface area contributed by atoms with Crippen LogP contribution in [0.25, 0.3) is 0 Å². The highest BCUT2D eigenvalue weighted by atomic mass is 14.5. The molecule has 0 aromatic heterocycles. The van der Waals surface area contributed by atoms with Gasteiger partial charge in [0.25, 0.3) is 0 Å². The second-order valence-corrected chi connectivity index (χ2v) is 9.51. The third kappa shape index (κ3) is 4.35. The van der Waals surface area contributed by atoms with Crippen LogP contribution in [0.3, 0.4) is 0 Å². The van der Waals surface area contributed by atoms with Crippen LogP contribution in [0.4, 0.5) is 0 Å². The van der Waals surface area contributed by atoms with Crippen LogP contribution in [0.2, 0.25) is 0 Å². The zero-order chi connectivity index (χ0) is 17.9. The normalized spacial score (nSPS) is 31.3. The first-order chi connectivity index (χ1) is 10.7. The van der Waals surface area contributed by atoms with Gasteiger partial charge in [-0.1, -0.05) is 94.9 Å². The maximum absolute atomic E-state index is 2.58. The van der Waals surface area contributed by atoms with E-state index >= 15 is 0 Å². The van der Waals surface area contributed by atoms with Gasteiger partial charge in [0.15, 0.2) is 0 Å². The van der Waals surface area contributed by atoms with E-state index in [0.717, 1.165) is 47.3 Å². The van der Waals surface area contributed by atoms with Crippen molar-refractivity contribution in [3.8, 4) is 0 Å². The summed E-state index contributed by atoms with van der Waals surface area (Å²) in [6.07, 6.45) is 5.37. The molecule has 0 aromatic carbocycles. The molecular formula is C23H46. The molecule has 0 nitrogen and oxygen atoms in total. The smallest absolute Gasteiger partial charge is 0.0326 e. The van der Waals surface area contributed by atoms with Crippen molar-refractivity contribution in [2.45, 2.75) is 94.9 Å². The molecular weight excluding hydrogens is 276 g/mol. The first-order valence-electron chi connectivity index (χ1n) is 10.7. The van der Waals surface area contributed by atoms with E-state index in [1.165, 1.54) is 25.7 Å². The van der Waals surface area contributed by atoms with Crippen LogP contribution in [0.15, 0.2) is 0 Å². The van der Waals surface area contributed by atoms with Crippen LogP contribution < -0.4 is 0 Å². The number of rotatable bonds is 10. The van der Waals surface area contributed by atoms with E-state index in [-0.39, 0.29) is 0 Å². The maximum Gasteiger partial charge on any atom is -0.0326 e. The molecule has 7 atom stereocenters. The second-order valence-electron chi connectivity index (χ2n) is 9.51. The van der Waals surface area contributed by atoms with Gasteiger partial charge in [0.1, 0.15) is 0 Å². The Morgan fingerprint density at radius 1 is 0.783 bits per heavy atom. The van der Waals surface area contributed by atoms with E-state index in [1.54, 1.807) is 0 Å². The molecule has 0 amide bonds. The van der Waals surface area contributed by atoms with Gasteiger partial charge in [-0.25, -0.2) is 0 Å². The molecule has 1 fully saturated rings. The van der Waals surface area contributed by atoms with Crippen LogP contribution in [0.1, 0.15) is 94.9 Å². The van der Waals surface area contributed by atoms with Crippen molar-refractivity contribution < 1.29 is 0 Å². The molecule has 0 bridgehead atoms. The Bertz CT molecular complexity index is 334. The van der Waals surface area contributed by atoms with Crippen molar-refractivity contribution in [3.05, 3.63) is 0 Å². The predicted molar refractivity (Wildman–Crippen MR) is 106 cm³/mol. The summed E-state index contributed by atoms with van der Waals surface area (Å²) >= 11 is 0. The Hall–Kier alpha value is 0. The minimum Gasteiger partial charge on any atom is -0.0651 e. The Morgan fingerprint density at radius 3 is 1.61 bits per heavy atom. The molecule has 0 aromatic rings. The van der Waals surface area contributed by atoms with Gasteiger partial charge in [-0.3, -0.25) is 0 Å². The lowest BCUT2D eigenvalue weighted by Crippen LogP contribution is -2.36. The quantitative estimate of drug-likeness (QED) is 0.387. The molecule has 0 heteroatoms. The number of hydrogen-bond donors (Lipinski definition) is 0. The SMILES string of the molecule is CCC(C(C)C(C)C(CC)C(C)(C)CC)C(CC)C1C(C)C1C. The molecule has 1 aliphatic rings. The van der Waals surface area contributed by atoms with E-state index in [0.29, 0.717) is 5.41 Å². The van der Waals surface area contributed by atoms with Gasteiger partial charge in [-0.15, -0.1) is 0 Å².